The Labute approximate surface area is 51.1 Å². The lowest BCUT2D eigenvalue weighted by Gasteiger charge is -1.90. The molecule has 0 unspecified atom stereocenters. The third-order valence-corrected chi connectivity index (χ3v) is 0.787. The molecule has 0 saturated carbocycles. The number of nitrogens with two attached hydrogens (primary N) is 1. The van der Waals surface area contributed by atoms with Gasteiger partial charge >= 0.3 is 0 Å². The SMILES string of the molecule is C#CCCC[B]NN. The molecular weight excluding hydrogens is 98.9 g/mol. The first kappa shape index (κ1) is 7.54. The van der Waals surface area contributed by atoms with Crippen molar-refractivity contribution in [3.05, 3.63) is 0 Å². The van der Waals surface area contributed by atoms with E-state index in [1.165, 1.54) is 0 Å². The third kappa shape index (κ3) is 5.54. The summed E-state index contributed by atoms with van der Waals surface area (Å²) >= 11 is 0. The van der Waals surface area contributed by atoms with Gasteiger partial charge in [-0.15, -0.1) is 12.3 Å². The predicted molar refractivity (Wildman–Crippen MR) is 36.0 cm³/mol. The Hall–Kier alpha value is -0.455. The highest BCUT2D eigenvalue weighted by Crippen LogP contribution is 1.89. The van der Waals surface area contributed by atoms with Gasteiger partial charge in [0.2, 0.25) is 7.41 Å². The lowest BCUT2D eigenvalue weighted by molar-refractivity contribution is 0.946. The van der Waals surface area contributed by atoms with Crippen molar-refractivity contribution in [1.29, 1.82) is 0 Å². The van der Waals surface area contributed by atoms with Gasteiger partial charge in [0, 0.05) is 6.42 Å². The molecule has 0 aliphatic rings. The van der Waals surface area contributed by atoms with Crippen molar-refractivity contribution in [3.8, 4) is 12.3 Å². The van der Waals surface area contributed by atoms with Crippen LogP contribution in [0.15, 0.2) is 0 Å². The minimum atomic E-state index is 0.832. The first-order chi connectivity index (χ1) is 3.91. The molecule has 43 valence electrons. The lowest BCUT2D eigenvalue weighted by Crippen LogP contribution is -2.25. The van der Waals surface area contributed by atoms with E-state index in [-0.39, 0.29) is 0 Å². The molecular formula is C5H10BN2. The standard InChI is InChI=1S/C5H10BN2/c1-2-3-4-5-6-8-7/h1,8H,3-5,7H2. The van der Waals surface area contributed by atoms with Crippen LogP contribution in [0.3, 0.4) is 0 Å². The number of rotatable bonds is 4. The number of hydrogen-bond acceptors (Lipinski definition) is 2. The first-order valence-electron chi connectivity index (χ1n) is 2.63. The molecule has 0 atom stereocenters. The monoisotopic (exact) mass is 109 g/mol. The fourth-order valence-corrected chi connectivity index (χ4v) is 0.390. The van der Waals surface area contributed by atoms with Crippen LogP contribution in [-0.4, -0.2) is 7.41 Å². The molecule has 0 aromatic carbocycles. The molecule has 0 aliphatic heterocycles. The summed E-state index contributed by atoms with van der Waals surface area (Å²) in [5, 5.41) is 2.43. The summed E-state index contributed by atoms with van der Waals surface area (Å²) in [5.74, 6) is 7.49. The van der Waals surface area contributed by atoms with Gasteiger partial charge in [0.15, 0.2) is 0 Å². The zero-order chi connectivity index (χ0) is 6.24. The second-order valence-corrected chi connectivity index (χ2v) is 1.47. The van der Waals surface area contributed by atoms with Crippen LogP contribution in [0.2, 0.25) is 6.32 Å². The maximum Gasteiger partial charge on any atom is 0.225 e. The number of hydrazine groups is 1. The molecule has 0 fully saturated rings. The van der Waals surface area contributed by atoms with Gasteiger partial charge in [-0.05, 0) is 6.42 Å². The van der Waals surface area contributed by atoms with Crippen LogP contribution < -0.4 is 11.2 Å². The molecule has 0 bridgehead atoms. The fourth-order valence-electron chi connectivity index (χ4n) is 0.390. The van der Waals surface area contributed by atoms with Gasteiger partial charge in [0.25, 0.3) is 0 Å². The summed E-state index contributed by atoms with van der Waals surface area (Å²) in [4.78, 5) is 0. The molecule has 0 amide bonds. The normalized spacial score (nSPS) is 8.00. The highest BCUT2D eigenvalue weighted by atomic mass is 15.1. The van der Waals surface area contributed by atoms with Gasteiger partial charge < -0.3 is 5.34 Å². The van der Waals surface area contributed by atoms with Crippen molar-refractivity contribution in [2.75, 3.05) is 0 Å². The van der Waals surface area contributed by atoms with Crippen LogP contribution in [0.1, 0.15) is 12.8 Å². The van der Waals surface area contributed by atoms with Gasteiger partial charge in [-0.1, -0.05) is 6.32 Å². The quantitative estimate of drug-likeness (QED) is 0.174. The van der Waals surface area contributed by atoms with E-state index < -0.39 is 0 Å². The number of nitrogens with one attached hydrogen (secondary N) is 1. The zero-order valence-electron chi connectivity index (χ0n) is 4.85. The summed E-state index contributed by atoms with van der Waals surface area (Å²) < 4.78 is 0. The van der Waals surface area contributed by atoms with Crippen LogP contribution in [-0.2, 0) is 0 Å². The number of terminal acetylenes is 1. The van der Waals surface area contributed by atoms with Crippen molar-refractivity contribution in [2.45, 2.75) is 19.2 Å². The third-order valence-electron chi connectivity index (χ3n) is 0.787. The Kier molecular flexibility index (Phi) is 6.17. The van der Waals surface area contributed by atoms with E-state index in [1.54, 1.807) is 7.41 Å². The molecule has 8 heavy (non-hydrogen) atoms. The zero-order valence-corrected chi connectivity index (χ0v) is 4.85. The van der Waals surface area contributed by atoms with Crippen molar-refractivity contribution < 1.29 is 0 Å². The maximum atomic E-state index is 5.00. The Balaban J connectivity index is 2.65. The topological polar surface area (TPSA) is 38.0 Å². The Morgan fingerprint density at radius 2 is 2.50 bits per heavy atom. The van der Waals surface area contributed by atoms with Crippen LogP contribution in [0.4, 0.5) is 0 Å². The summed E-state index contributed by atoms with van der Waals surface area (Å²) in [5.41, 5.74) is 0. The van der Waals surface area contributed by atoms with E-state index in [0.717, 1.165) is 19.2 Å². The first-order valence-corrected chi connectivity index (χ1v) is 2.63. The van der Waals surface area contributed by atoms with E-state index in [1.807, 2.05) is 0 Å². The number of hydrogen-bond donors (Lipinski definition) is 2. The largest absolute Gasteiger partial charge is 0.306 e. The molecule has 3 N–H and O–H groups in total. The average Bonchev–Trinajstić information content (AvgIpc) is 1.81. The minimum Gasteiger partial charge on any atom is -0.306 e. The van der Waals surface area contributed by atoms with Gasteiger partial charge in [0.05, 0.1) is 0 Å². The Bertz CT molecular complexity index is 77.0. The highest BCUT2D eigenvalue weighted by molar-refractivity contribution is 6.31. The minimum absolute atomic E-state index is 0.832. The summed E-state index contributed by atoms with van der Waals surface area (Å²) in [6.07, 6.45) is 7.79. The molecule has 0 rings (SSSR count). The molecule has 0 saturated heterocycles. The van der Waals surface area contributed by atoms with Gasteiger partial charge in [0.1, 0.15) is 0 Å². The van der Waals surface area contributed by atoms with Gasteiger partial charge in [-0.2, -0.15) is 0 Å². The molecule has 0 heterocycles. The molecule has 3 heteroatoms. The van der Waals surface area contributed by atoms with Crippen LogP contribution >= 0.6 is 0 Å². The van der Waals surface area contributed by atoms with Gasteiger partial charge in [-0.3, -0.25) is 5.84 Å². The van der Waals surface area contributed by atoms with Crippen molar-refractivity contribution in [2.24, 2.45) is 5.84 Å². The summed E-state index contributed by atoms with van der Waals surface area (Å²) in [7, 11) is 1.79. The van der Waals surface area contributed by atoms with Crippen molar-refractivity contribution in [3.63, 3.8) is 0 Å². The van der Waals surface area contributed by atoms with E-state index >= 15 is 0 Å². The van der Waals surface area contributed by atoms with Crippen LogP contribution in [0.5, 0.6) is 0 Å². The predicted octanol–water partition coefficient (Wildman–Crippen LogP) is -0.0994. The molecule has 0 spiro atoms. The van der Waals surface area contributed by atoms with Crippen LogP contribution in [0.25, 0.3) is 0 Å². The van der Waals surface area contributed by atoms with Crippen molar-refractivity contribution in [1.82, 2.24) is 5.34 Å². The lowest BCUT2D eigenvalue weighted by atomic mass is 9.88. The average molecular weight is 109 g/mol. The summed E-state index contributed by atoms with van der Waals surface area (Å²) in [6.45, 7) is 0. The molecule has 1 radical (unpaired) electrons. The number of unbranched alkanes of at least 4 members (excludes halogenated alkanes) is 1. The maximum absolute atomic E-state index is 5.00. The summed E-state index contributed by atoms with van der Waals surface area (Å²) in [6, 6.07) is 0. The van der Waals surface area contributed by atoms with E-state index in [4.69, 9.17) is 12.3 Å². The van der Waals surface area contributed by atoms with E-state index in [2.05, 4.69) is 11.3 Å². The smallest absolute Gasteiger partial charge is 0.225 e. The van der Waals surface area contributed by atoms with Gasteiger partial charge in [-0.25, -0.2) is 0 Å². The van der Waals surface area contributed by atoms with Crippen molar-refractivity contribution >= 4 is 7.41 Å². The Morgan fingerprint density at radius 3 is 3.00 bits per heavy atom. The fraction of sp³-hybridized carbons (Fsp3) is 0.600. The molecule has 2 nitrogen and oxygen atoms in total. The highest BCUT2D eigenvalue weighted by Gasteiger charge is 1.84. The second-order valence-electron chi connectivity index (χ2n) is 1.47. The molecule has 0 aromatic heterocycles. The van der Waals surface area contributed by atoms with Crippen LogP contribution in [0, 0.1) is 12.3 Å². The second kappa shape index (κ2) is 6.54. The molecule has 0 aliphatic carbocycles. The Morgan fingerprint density at radius 1 is 1.75 bits per heavy atom. The van der Waals surface area contributed by atoms with E-state index in [9.17, 15) is 0 Å². The van der Waals surface area contributed by atoms with E-state index in [0.29, 0.717) is 0 Å². The molecule has 0 aromatic rings.